The summed E-state index contributed by atoms with van der Waals surface area (Å²) in [4.78, 5) is 10.9. The lowest BCUT2D eigenvalue weighted by Crippen LogP contribution is -1.93. The molecule has 0 unspecified atom stereocenters. The van der Waals surface area contributed by atoms with Gasteiger partial charge in [-0.25, -0.2) is 0 Å². The van der Waals surface area contributed by atoms with Gasteiger partial charge in [-0.15, -0.1) is 0 Å². The monoisotopic (exact) mass is 274 g/mol. The number of carbonyl (C=O) groups is 1. The lowest BCUT2D eigenvalue weighted by molar-refractivity contribution is -0.116. The van der Waals surface area contributed by atoms with Crippen LogP contribution in [0.2, 0.25) is 0 Å². The molecule has 0 aliphatic heterocycles. The highest BCUT2D eigenvalue weighted by Gasteiger charge is 2.00. The number of hydrogen-bond acceptors (Lipinski definition) is 3. The van der Waals surface area contributed by atoms with Crippen molar-refractivity contribution in [2.45, 2.75) is 26.7 Å². The first-order chi connectivity index (χ1) is 9.60. The predicted octanol–water partition coefficient (Wildman–Crippen LogP) is 3.37. The van der Waals surface area contributed by atoms with Crippen LogP contribution < -0.4 is 4.74 Å². The van der Waals surface area contributed by atoms with Gasteiger partial charge in [0.25, 0.3) is 0 Å². The number of aliphatic hydroxyl groups is 1. The van der Waals surface area contributed by atoms with Crippen LogP contribution in [0, 0.1) is 0 Å². The maximum Gasteiger partial charge on any atom is 0.130 e. The van der Waals surface area contributed by atoms with Crippen molar-refractivity contribution in [3.05, 3.63) is 42.0 Å². The van der Waals surface area contributed by atoms with E-state index in [-0.39, 0.29) is 12.4 Å². The van der Waals surface area contributed by atoms with Crippen molar-refractivity contribution in [3.8, 4) is 5.75 Å². The van der Waals surface area contributed by atoms with Gasteiger partial charge in [-0.2, -0.15) is 0 Å². The summed E-state index contributed by atoms with van der Waals surface area (Å²) in [5, 5.41) is 9.92. The van der Waals surface area contributed by atoms with Gasteiger partial charge in [0, 0.05) is 13.0 Å². The van der Waals surface area contributed by atoms with E-state index in [1.54, 1.807) is 21.0 Å². The number of Topliss-reactive ketones (excluding diaryl/α,β-unsaturated/α-hetero) is 1. The van der Waals surface area contributed by atoms with Crippen molar-refractivity contribution in [3.63, 3.8) is 0 Å². The molecular weight excluding hydrogens is 252 g/mol. The SMILES string of the molecule is CCO.COc1ccc2cc(CCC(C)=O)ccc2c1. The van der Waals surface area contributed by atoms with E-state index in [4.69, 9.17) is 9.84 Å². The second-order valence-corrected chi connectivity index (χ2v) is 4.57. The molecule has 0 atom stereocenters. The summed E-state index contributed by atoms with van der Waals surface area (Å²) in [7, 11) is 1.67. The Balaban J connectivity index is 0.000000612. The van der Waals surface area contributed by atoms with Gasteiger partial charge in [-0.3, -0.25) is 0 Å². The van der Waals surface area contributed by atoms with Crippen LogP contribution in [0.4, 0.5) is 0 Å². The van der Waals surface area contributed by atoms with E-state index in [0.29, 0.717) is 6.42 Å². The van der Waals surface area contributed by atoms with Gasteiger partial charge < -0.3 is 14.6 Å². The fraction of sp³-hybridized carbons (Fsp3) is 0.353. The molecule has 0 saturated heterocycles. The van der Waals surface area contributed by atoms with Crippen LogP contribution >= 0.6 is 0 Å². The highest BCUT2D eigenvalue weighted by molar-refractivity contribution is 5.84. The molecule has 0 aliphatic rings. The number of hydrogen-bond donors (Lipinski definition) is 1. The average Bonchev–Trinajstić information content (AvgIpc) is 2.45. The second kappa shape index (κ2) is 8.33. The molecule has 0 saturated carbocycles. The topological polar surface area (TPSA) is 46.5 Å². The van der Waals surface area contributed by atoms with Crippen LogP contribution in [0.25, 0.3) is 10.8 Å². The van der Waals surface area contributed by atoms with Crippen LogP contribution in [-0.4, -0.2) is 24.6 Å². The maximum absolute atomic E-state index is 10.9. The van der Waals surface area contributed by atoms with Gasteiger partial charge >= 0.3 is 0 Å². The molecule has 0 spiro atoms. The van der Waals surface area contributed by atoms with E-state index in [1.165, 1.54) is 10.9 Å². The fourth-order valence-electron chi connectivity index (χ4n) is 1.88. The van der Waals surface area contributed by atoms with Crippen LogP contribution in [-0.2, 0) is 11.2 Å². The third kappa shape index (κ3) is 5.02. The molecule has 1 N–H and O–H groups in total. The Bertz CT molecular complexity index is 561. The molecule has 0 aliphatic carbocycles. The minimum Gasteiger partial charge on any atom is -0.497 e. The zero-order valence-electron chi connectivity index (χ0n) is 12.3. The van der Waals surface area contributed by atoms with Gasteiger partial charge in [0.2, 0.25) is 0 Å². The van der Waals surface area contributed by atoms with Crippen molar-refractivity contribution < 1.29 is 14.6 Å². The normalized spacial score (nSPS) is 9.80. The highest BCUT2D eigenvalue weighted by Crippen LogP contribution is 2.22. The van der Waals surface area contributed by atoms with Crippen molar-refractivity contribution in [1.29, 1.82) is 0 Å². The average molecular weight is 274 g/mol. The van der Waals surface area contributed by atoms with Crippen LogP contribution in [0.5, 0.6) is 5.75 Å². The van der Waals surface area contributed by atoms with E-state index in [2.05, 4.69) is 18.2 Å². The summed E-state index contributed by atoms with van der Waals surface area (Å²) in [5.74, 6) is 1.11. The molecule has 0 bridgehead atoms. The third-order valence-electron chi connectivity index (χ3n) is 2.88. The molecular formula is C17H22O3. The molecule has 0 heterocycles. The number of benzene rings is 2. The Morgan fingerprint density at radius 1 is 1.15 bits per heavy atom. The van der Waals surface area contributed by atoms with Gasteiger partial charge in [0.15, 0.2) is 0 Å². The number of fused-ring (bicyclic) bond motifs is 1. The first-order valence-electron chi connectivity index (χ1n) is 6.77. The summed E-state index contributed by atoms with van der Waals surface area (Å²) >= 11 is 0. The molecule has 2 aromatic rings. The third-order valence-corrected chi connectivity index (χ3v) is 2.88. The molecule has 0 fully saturated rings. The molecule has 3 nitrogen and oxygen atoms in total. The summed E-state index contributed by atoms with van der Waals surface area (Å²) in [6.45, 7) is 3.56. The summed E-state index contributed by atoms with van der Waals surface area (Å²) in [6, 6.07) is 12.3. The molecule has 2 aromatic carbocycles. The first-order valence-corrected chi connectivity index (χ1v) is 6.77. The van der Waals surface area contributed by atoms with E-state index >= 15 is 0 Å². The molecule has 0 amide bonds. The Labute approximate surface area is 120 Å². The summed E-state index contributed by atoms with van der Waals surface area (Å²) in [6.07, 6.45) is 1.43. The minimum atomic E-state index is 0.236. The predicted molar refractivity (Wildman–Crippen MR) is 82.3 cm³/mol. The molecule has 3 heteroatoms. The largest absolute Gasteiger partial charge is 0.497 e. The maximum atomic E-state index is 10.9. The van der Waals surface area contributed by atoms with E-state index in [0.717, 1.165) is 17.6 Å². The first kappa shape index (κ1) is 16.2. The molecule has 20 heavy (non-hydrogen) atoms. The smallest absolute Gasteiger partial charge is 0.130 e. The highest BCUT2D eigenvalue weighted by atomic mass is 16.5. The standard InChI is InChI=1S/C15H16O2.C2H6O/c1-11(16)3-4-12-5-6-14-10-15(17-2)8-7-13(14)9-12;1-2-3/h5-10H,3-4H2,1-2H3;3H,2H2,1H3. The quantitative estimate of drug-likeness (QED) is 0.929. The van der Waals surface area contributed by atoms with Crippen molar-refractivity contribution in [2.24, 2.45) is 0 Å². The number of ketones is 1. The van der Waals surface area contributed by atoms with Gasteiger partial charge in [0.05, 0.1) is 7.11 Å². The fourth-order valence-corrected chi connectivity index (χ4v) is 1.88. The van der Waals surface area contributed by atoms with Crippen molar-refractivity contribution >= 4 is 16.6 Å². The zero-order chi connectivity index (χ0) is 15.0. The lowest BCUT2D eigenvalue weighted by atomic mass is 10.0. The Morgan fingerprint density at radius 2 is 1.75 bits per heavy atom. The number of methoxy groups -OCH3 is 1. The number of carbonyl (C=O) groups excluding carboxylic acids is 1. The van der Waals surface area contributed by atoms with E-state index in [1.807, 2.05) is 18.2 Å². The van der Waals surface area contributed by atoms with Crippen molar-refractivity contribution in [1.82, 2.24) is 0 Å². The molecule has 108 valence electrons. The van der Waals surface area contributed by atoms with Gasteiger partial charge in [-0.1, -0.05) is 24.3 Å². The van der Waals surface area contributed by atoms with Crippen LogP contribution in [0.1, 0.15) is 25.8 Å². The summed E-state index contributed by atoms with van der Waals surface area (Å²) in [5.41, 5.74) is 1.21. The second-order valence-electron chi connectivity index (χ2n) is 4.57. The van der Waals surface area contributed by atoms with E-state index < -0.39 is 0 Å². The van der Waals surface area contributed by atoms with Gasteiger partial charge in [-0.05, 0) is 48.7 Å². The molecule has 2 rings (SSSR count). The number of aliphatic hydroxyl groups excluding tert-OH is 1. The van der Waals surface area contributed by atoms with Gasteiger partial charge in [0.1, 0.15) is 11.5 Å². The Kier molecular flexibility index (Phi) is 6.74. The number of rotatable bonds is 4. The minimum absolute atomic E-state index is 0.236. The Hall–Kier alpha value is -1.87. The van der Waals surface area contributed by atoms with Crippen molar-refractivity contribution in [2.75, 3.05) is 13.7 Å². The molecule has 0 aromatic heterocycles. The van der Waals surface area contributed by atoms with Crippen LogP contribution in [0.3, 0.4) is 0 Å². The van der Waals surface area contributed by atoms with Crippen LogP contribution in [0.15, 0.2) is 36.4 Å². The zero-order valence-corrected chi connectivity index (χ0v) is 12.3. The Morgan fingerprint density at radius 3 is 2.35 bits per heavy atom. The number of aryl methyl sites for hydroxylation is 1. The lowest BCUT2D eigenvalue weighted by Gasteiger charge is -2.05. The number of ether oxygens (including phenoxy) is 1. The van der Waals surface area contributed by atoms with E-state index in [9.17, 15) is 4.79 Å². The molecule has 0 radical (unpaired) electrons. The summed E-state index contributed by atoms with van der Waals surface area (Å²) < 4.78 is 5.19.